The normalized spacial score (nSPS) is 10.1. The van der Waals surface area contributed by atoms with Gasteiger partial charge in [0.25, 0.3) is 0 Å². The third-order valence-corrected chi connectivity index (χ3v) is 3.46. The Morgan fingerprint density at radius 3 is 2.73 bits per heavy atom. The minimum Gasteiger partial charge on any atom is -0.463 e. The van der Waals surface area contributed by atoms with Gasteiger partial charge in [-0.3, -0.25) is 0 Å². The molecule has 0 unspecified atom stereocenters. The monoisotopic (exact) mass is 340 g/mol. The molecule has 0 aliphatic carbocycles. The highest BCUT2D eigenvalue weighted by Gasteiger charge is 2.15. The van der Waals surface area contributed by atoms with E-state index in [0.717, 1.165) is 22.1 Å². The van der Waals surface area contributed by atoms with Gasteiger partial charge in [-0.15, -0.1) is 0 Å². The zero-order valence-corrected chi connectivity index (χ0v) is 11.3. The second-order valence-electron chi connectivity index (χ2n) is 2.84. The summed E-state index contributed by atoms with van der Waals surface area (Å²) < 4.78 is 5.33. The number of nitrogens with zero attached hydrogens (tertiary/aromatic N) is 2. The van der Waals surface area contributed by atoms with Gasteiger partial charge in [0.15, 0.2) is 0 Å². The van der Waals surface area contributed by atoms with Crippen LogP contribution in [0.25, 0.3) is 0 Å². The summed E-state index contributed by atoms with van der Waals surface area (Å²) in [5.41, 5.74) is 0.790. The van der Waals surface area contributed by atoms with Crippen molar-refractivity contribution in [2.24, 2.45) is 0 Å². The average molecular weight is 341 g/mol. The number of methoxy groups -OCH3 is 1. The molecular weight excluding hydrogens is 330 g/mol. The third-order valence-electron chi connectivity index (χ3n) is 1.73. The van der Waals surface area contributed by atoms with E-state index in [0.29, 0.717) is 5.15 Å². The summed E-state index contributed by atoms with van der Waals surface area (Å²) in [4.78, 5) is 19.2. The molecule has 15 heavy (non-hydrogen) atoms. The number of halogens is 2. The molecular formula is C9H10ClIN2O2. The van der Waals surface area contributed by atoms with Crippen LogP contribution in [0.1, 0.15) is 29.7 Å². The molecule has 0 saturated heterocycles. The molecule has 0 aromatic carbocycles. The molecule has 0 amide bonds. The topological polar surface area (TPSA) is 52.1 Å². The number of aryl methyl sites for hydroxylation is 1. The van der Waals surface area contributed by atoms with Crippen LogP contribution in [0.5, 0.6) is 0 Å². The average Bonchev–Trinajstić information content (AvgIpc) is 2.23. The van der Waals surface area contributed by atoms with Crippen LogP contribution in [0.15, 0.2) is 0 Å². The molecule has 6 heteroatoms. The van der Waals surface area contributed by atoms with E-state index in [-0.39, 0.29) is 5.82 Å². The third kappa shape index (κ3) is 3.01. The Morgan fingerprint density at radius 1 is 1.53 bits per heavy atom. The number of hydrogen-bond acceptors (Lipinski definition) is 4. The molecule has 0 saturated carbocycles. The van der Waals surface area contributed by atoms with Crippen molar-refractivity contribution in [1.29, 1.82) is 0 Å². The van der Waals surface area contributed by atoms with Gasteiger partial charge in [0, 0.05) is 0 Å². The molecule has 0 bridgehead atoms. The fraction of sp³-hybridized carbons (Fsp3) is 0.444. The number of esters is 1. The minimum atomic E-state index is -0.564. The Bertz CT molecular complexity index is 385. The molecule has 0 radical (unpaired) electrons. The van der Waals surface area contributed by atoms with E-state index in [4.69, 9.17) is 11.6 Å². The molecule has 0 aliphatic heterocycles. The fourth-order valence-electron chi connectivity index (χ4n) is 1.05. The lowest BCUT2D eigenvalue weighted by molar-refractivity contribution is 0.0586. The van der Waals surface area contributed by atoms with E-state index in [1.807, 2.05) is 6.92 Å². The predicted octanol–water partition coefficient (Wildman–Crippen LogP) is 2.47. The Morgan fingerprint density at radius 2 is 2.20 bits per heavy atom. The lowest BCUT2D eigenvalue weighted by Gasteiger charge is -2.05. The first-order valence-corrected chi connectivity index (χ1v) is 5.86. The molecule has 0 atom stereocenters. The van der Waals surface area contributed by atoms with E-state index in [2.05, 4.69) is 37.3 Å². The molecule has 1 aromatic heterocycles. The summed E-state index contributed by atoms with van der Waals surface area (Å²) in [6, 6.07) is 0. The first-order chi connectivity index (χ1) is 7.10. The molecule has 0 aliphatic rings. The highest BCUT2D eigenvalue weighted by Crippen LogP contribution is 2.20. The maximum atomic E-state index is 11.2. The van der Waals surface area contributed by atoms with E-state index in [1.165, 1.54) is 7.11 Å². The Balaban J connectivity index is 3.16. The van der Waals surface area contributed by atoms with Crippen LogP contribution >= 0.6 is 34.2 Å². The van der Waals surface area contributed by atoms with Crippen LogP contribution in [0.3, 0.4) is 0 Å². The predicted molar refractivity (Wildman–Crippen MR) is 65.1 cm³/mol. The quantitative estimate of drug-likeness (QED) is 0.482. The van der Waals surface area contributed by atoms with Crippen molar-refractivity contribution in [1.82, 2.24) is 9.97 Å². The smallest absolute Gasteiger partial charge is 0.376 e. The van der Waals surface area contributed by atoms with E-state index < -0.39 is 5.97 Å². The number of carbonyl (C=O) groups is 1. The van der Waals surface area contributed by atoms with Gasteiger partial charge >= 0.3 is 5.97 Å². The van der Waals surface area contributed by atoms with Gasteiger partial charge in [0.1, 0.15) is 5.15 Å². The van der Waals surface area contributed by atoms with Crippen LogP contribution in [0, 0.1) is 3.57 Å². The zero-order valence-electron chi connectivity index (χ0n) is 8.38. The highest BCUT2D eigenvalue weighted by atomic mass is 127. The van der Waals surface area contributed by atoms with Crippen LogP contribution in [-0.4, -0.2) is 23.0 Å². The van der Waals surface area contributed by atoms with Gasteiger partial charge in [0.05, 0.1) is 16.4 Å². The number of hydrogen-bond donors (Lipinski definition) is 0. The first-order valence-electron chi connectivity index (χ1n) is 4.40. The maximum absolute atomic E-state index is 11.2. The molecule has 4 nitrogen and oxygen atoms in total. The second-order valence-corrected chi connectivity index (χ2v) is 4.28. The van der Waals surface area contributed by atoms with Gasteiger partial charge < -0.3 is 4.74 Å². The molecule has 82 valence electrons. The summed E-state index contributed by atoms with van der Waals surface area (Å²) in [5.74, 6) is -0.544. The van der Waals surface area contributed by atoms with Crippen molar-refractivity contribution < 1.29 is 9.53 Å². The van der Waals surface area contributed by atoms with Gasteiger partial charge in [-0.25, -0.2) is 14.8 Å². The number of aromatic nitrogens is 2. The van der Waals surface area contributed by atoms with Crippen LogP contribution < -0.4 is 0 Å². The molecule has 0 fully saturated rings. The van der Waals surface area contributed by atoms with Crippen molar-refractivity contribution in [3.8, 4) is 0 Å². The molecule has 0 N–H and O–H groups in total. The molecule has 1 heterocycles. The second kappa shape index (κ2) is 5.60. The lowest BCUT2D eigenvalue weighted by atomic mass is 10.2. The van der Waals surface area contributed by atoms with Crippen molar-refractivity contribution in [2.45, 2.75) is 19.8 Å². The molecule has 1 aromatic rings. The first kappa shape index (κ1) is 12.6. The van der Waals surface area contributed by atoms with Gasteiger partial charge in [0.2, 0.25) is 5.82 Å². The summed E-state index contributed by atoms with van der Waals surface area (Å²) in [6.07, 6.45) is 1.70. The summed E-state index contributed by atoms with van der Waals surface area (Å²) in [5, 5.41) is 0.300. The van der Waals surface area contributed by atoms with E-state index >= 15 is 0 Å². The van der Waals surface area contributed by atoms with Crippen molar-refractivity contribution in [3.05, 3.63) is 20.2 Å². The SMILES string of the molecule is CCCc1nc(C(=O)OC)nc(Cl)c1I. The Hall–Kier alpha value is -0.430. The highest BCUT2D eigenvalue weighted by molar-refractivity contribution is 14.1. The van der Waals surface area contributed by atoms with Gasteiger partial charge in [-0.2, -0.15) is 0 Å². The fourth-order valence-corrected chi connectivity index (χ4v) is 1.75. The Kier molecular flexibility index (Phi) is 4.72. The standard InChI is InChI=1S/C9H10ClIN2O2/c1-3-4-5-6(11)7(10)13-8(12-5)9(14)15-2/h3-4H2,1-2H3. The largest absolute Gasteiger partial charge is 0.463 e. The summed E-state index contributed by atoms with van der Waals surface area (Å²) in [6.45, 7) is 2.03. The lowest BCUT2D eigenvalue weighted by Crippen LogP contribution is -2.11. The number of rotatable bonds is 3. The van der Waals surface area contributed by atoms with Crippen molar-refractivity contribution in [3.63, 3.8) is 0 Å². The number of ether oxygens (including phenoxy) is 1. The van der Waals surface area contributed by atoms with E-state index in [9.17, 15) is 4.79 Å². The van der Waals surface area contributed by atoms with Crippen LogP contribution in [-0.2, 0) is 11.2 Å². The van der Waals surface area contributed by atoms with Gasteiger partial charge in [-0.05, 0) is 29.0 Å². The Labute approximate surface area is 107 Å². The summed E-state index contributed by atoms with van der Waals surface area (Å²) in [7, 11) is 1.29. The number of carbonyl (C=O) groups excluding carboxylic acids is 1. The van der Waals surface area contributed by atoms with Crippen LogP contribution in [0.4, 0.5) is 0 Å². The molecule has 0 spiro atoms. The van der Waals surface area contributed by atoms with Crippen molar-refractivity contribution in [2.75, 3.05) is 7.11 Å². The zero-order chi connectivity index (χ0) is 11.4. The van der Waals surface area contributed by atoms with E-state index in [1.54, 1.807) is 0 Å². The minimum absolute atomic E-state index is 0.0198. The van der Waals surface area contributed by atoms with Crippen molar-refractivity contribution >= 4 is 40.2 Å². The van der Waals surface area contributed by atoms with Crippen LogP contribution in [0.2, 0.25) is 5.15 Å². The summed E-state index contributed by atoms with van der Waals surface area (Å²) >= 11 is 7.96. The van der Waals surface area contributed by atoms with Gasteiger partial charge in [-0.1, -0.05) is 24.9 Å². The maximum Gasteiger partial charge on any atom is 0.376 e. The molecule has 1 rings (SSSR count).